The maximum absolute atomic E-state index is 4.94. The minimum absolute atomic E-state index is 0.706. The molecular weight excluding hydrogens is 382 g/mol. The molecule has 0 aliphatic carbocycles. The summed E-state index contributed by atoms with van der Waals surface area (Å²) in [7, 11) is 0. The second-order valence-corrected chi connectivity index (χ2v) is 9.41. The van der Waals surface area contributed by atoms with E-state index in [-0.39, 0.29) is 0 Å². The van der Waals surface area contributed by atoms with Crippen LogP contribution in [0.2, 0.25) is 0 Å². The third-order valence-electron chi connectivity index (χ3n) is 5.57. The fourth-order valence-electron chi connectivity index (χ4n) is 3.80. The Morgan fingerprint density at radius 1 is 1.21 bits per heavy atom. The number of nitrogens with one attached hydrogen (secondary N) is 1. The largest absolute Gasteiger partial charge is 0.357 e. The second kappa shape index (κ2) is 11.6. The van der Waals surface area contributed by atoms with Crippen LogP contribution >= 0.6 is 11.8 Å². The van der Waals surface area contributed by atoms with Gasteiger partial charge in [0.25, 0.3) is 0 Å². The average molecular weight is 420 g/mol. The van der Waals surface area contributed by atoms with Crippen molar-refractivity contribution < 1.29 is 0 Å². The van der Waals surface area contributed by atoms with E-state index in [1.807, 2.05) is 18.5 Å². The molecule has 1 aromatic rings. The van der Waals surface area contributed by atoms with E-state index in [1.54, 1.807) is 0 Å². The van der Waals surface area contributed by atoms with Gasteiger partial charge in [-0.25, -0.2) is 9.97 Å². The Morgan fingerprint density at radius 2 is 1.97 bits per heavy atom. The fraction of sp³-hybridized carbons (Fsp3) is 0.762. The van der Waals surface area contributed by atoms with Crippen molar-refractivity contribution in [3.05, 3.63) is 18.5 Å². The van der Waals surface area contributed by atoms with Crippen molar-refractivity contribution in [3.63, 3.8) is 0 Å². The van der Waals surface area contributed by atoms with Gasteiger partial charge in [-0.1, -0.05) is 13.8 Å². The van der Waals surface area contributed by atoms with E-state index in [1.165, 1.54) is 5.75 Å². The predicted molar refractivity (Wildman–Crippen MR) is 124 cm³/mol. The Balaban J connectivity index is 1.41. The number of hydrogen-bond acceptors (Lipinski definition) is 6. The summed E-state index contributed by atoms with van der Waals surface area (Å²) in [6.07, 6.45) is 4.74. The molecule has 8 heteroatoms. The van der Waals surface area contributed by atoms with Crippen molar-refractivity contribution >= 4 is 23.7 Å². The molecule has 1 N–H and O–H groups in total. The van der Waals surface area contributed by atoms with E-state index < -0.39 is 0 Å². The molecule has 3 rings (SSSR count). The Kier molecular flexibility index (Phi) is 8.86. The fourth-order valence-corrected chi connectivity index (χ4v) is 5.10. The molecule has 3 heterocycles. The Hall–Kier alpha value is -1.54. The summed E-state index contributed by atoms with van der Waals surface area (Å²) >= 11 is 2.11. The number of piperazine rings is 1. The first-order valence-electron chi connectivity index (χ1n) is 11.1. The maximum atomic E-state index is 4.94. The molecule has 2 aliphatic heterocycles. The van der Waals surface area contributed by atoms with E-state index in [4.69, 9.17) is 4.99 Å². The molecule has 7 nitrogen and oxygen atoms in total. The standard InChI is InChI=1S/C21H37N7S/c1-4-22-20(28-15-16-29-19(17-28)18(2)3)25-9-6-10-26-11-13-27(14-12-26)21-23-7-5-8-24-21/h5,7-8,18-19H,4,6,9-17H2,1-3H3,(H,22,25). The van der Waals surface area contributed by atoms with Gasteiger partial charge in [0, 0.05) is 82.3 Å². The van der Waals surface area contributed by atoms with E-state index in [2.05, 4.69) is 62.5 Å². The molecule has 0 radical (unpaired) electrons. The van der Waals surface area contributed by atoms with Gasteiger partial charge >= 0.3 is 0 Å². The van der Waals surface area contributed by atoms with Gasteiger partial charge in [0.15, 0.2) is 5.96 Å². The van der Waals surface area contributed by atoms with E-state index >= 15 is 0 Å². The smallest absolute Gasteiger partial charge is 0.225 e. The first kappa shape index (κ1) is 22.2. The maximum Gasteiger partial charge on any atom is 0.225 e. The Labute approximate surface area is 180 Å². The van der Waals surface area contributed by atoms with Gasteiger partial charge in [-0.3, -0.25) is 9.89 Å². The highest BCUT2D eigenvalue weighted by Gasteiger charge is 2.25. The minimum Gasteiger partial charge on any atom is -0.357 e. The monoisotopic (exact) mass is 419 g/mol. The van der Waals surface area contributed by atoms with Crippen LogP contribution in [-0.4, -0.2) is 95.6 Å². The summed E-state index contributed by atoms with van der Waals surface area (Å²) in [4.78, 5) is 20.9. The third-order valence-corrected chi connectivity index (χ3v) is 7.11. The lowest BCUT2D eigenvalue weighted by Crippen LogP contribution is -2.49. The highest BCUT2D eigenvalue weighted by Crippen LogP contribution is 2.24. The number of hydrogen-bond donors (Lipinski definition) is 1. The van der Waals surface area contributed by atoms with Gasteiger partial charge in [0.2, 0.25) is 5.95 Å². The van der Waals surface area contributed by atoms with Gasteiger partial charge in [0.1, 0.15) is 0 Å². The molecule has 162 valence electrons. The first-order valence-corrected chi connectivity index (χ1v) is 12.1. The highest BCUT2D eigenvalue weighted by atomic mass is 32.2. The number of nitrogens with zero attached hydrogens (tertiary/aromatic N) is 6. The summed E-state index contributed by atoms with van der Waals surface area (Å²) < 4.78 is 0. The van der Waals surface area contributed by atoms with Crippen LogP contribution in [0.3, 0.4) is 0 Å². The minimum atomic E-state index is 0.706. The zero-order valence-corrected chi connectivity index (χ0v) is 19.1. The molecule has 0 bridgehead atoms. The van der Waals surface area contributed by atoms with Crippen LogP contribution in [0.15, 0.2) is 23.5 Å². The molecular formula is C21H37N7S. The average Bonchev–Trinajstić information content (AvgIpc) is 2.77. The van der Waals surface area contributed by atoms with Gasteiger partial charge in [0.05, 0.1) is 0 Å². The Bertz CT molecular complexity index is 617. The summed E-state index contributed by atoms with van der Waals surface area (Å²) in [5.74, 6) is 3.87. The SMILES string of the molecule is CCNC(=NCCCN1CCN(c2ncccn2)CC1)N1CCSC(C(C)C)C1. The zero-order valence-electron chi connectivity index (χ0n) is 18.3. The van der Waals surface area contributed by atoms with Crippen molar-refractivity contribution in [3.8, 4) is 0 Å². The number of aromatic nitrogens is 2. The molecule has 1 unspecified atom stereocenters. The molecule has 1 aromatic heterocycles. The van der Waals surface area contributed by atoms with Gasteiger partial charge < -0.3 is 15.1 Å². The van der Waals surface area contributed by atoms with Crippen LogP contribution in [-0.2, 0) is 0 Å². The zero-order chi connectivity index (χ0) is 20.5. The van der Waals surface area contributed by atoms with Crippen LogP contribution in [0.4, 0.5) is 5.95 Å². The second-order valence-electron chi connectivity index (χ2n) is 8.07. The molecule has 1 atom stereocenters. The summed E-state index contributed by atoms with van der Waals surface area (Å²) in [6.45, 7) is 16.1. The molecule has 2 aliphatic rings. The van der Waals surface area contributed by atoms with Crippen LogP contribution in [0.25, 0.3) is 0 Å². The number of thioether (sulfide) groups is 1. The van der Waals surface area contributed by atoms with Crippen LogP contribution in [0.1, 0.15) is 27.2 Å². The lowest BCUT2D eigenvalue weighted by Gasteiger charge is -2.36. The van der Waals surface area contributed by atoms with Crippen molar-refractivity contribution in [2.45, 2.75) is 32.4 Å². The van der Waals surface area contributed by atoms with E-state index in [0.29, 0.717) is 11.2 Å². The van der Waals surface area contributed by atoms with Crippen LogP contribution in [0.5, 0.6) is 0 Å². The topological polar surface area (TPSA) is 59.9 Å². The number of anilines is 1. The lowest BCUT2D eigenvalue weighted by molar-refractivity contribution is 0.255. The Morgan fingerprint density at radius 3 is 2.66 bits per heavy atom. The lowest BCUT2D eigenvalue weighted by atomic mass is 10.1. The van der Waals surface area contributed by atoms with Crippen LogP contribution < -0.4 is 10.2 Å². The number of guanidine groups is 1. The quantitative estimate of drug-likeness (QED) is 0.412. The molecule has 0 saturated carbocycles. The number of aliphatic imine (C=N–C) groups is 1. The van der Waals surface area contributed by atoms with Gasteiger partial charge in [-0.15, -0.1) is 0 Å². The number of rotatable bonds is 7. The molecule has 0 aromatic carbocycles. The molecule has 2 saturated heterocycles. The molecule has 0 amide bonds. The first-order chi connectivity index (χ1) is 14.2. The summed E-state index contributed by atoms with van der Waals surface area (Å²) in [6, 6.07) is 1.87. The normalized spacial score (nSPS) is 21.7. The molecule has 2 fully saturated rings. The summed E-state index contributed by atoms with van der Waals surface area (Å²) in [5, 5.41) is 4.21. The van der Waals surface area contributed by atoms with E-state index in [9.17, 15) is 0 Å². The summed E-state index contributed by atoms with van der Waals surface area (Å²) in [5.41, 5.74) is 0. The molecule has 0 spiro atoms. The van der Waals surface area contributed by atoms with Crippen molar-refractivity contribution in [2.24, 2.45) is 10.9 Å². The van der Waals surface area contributed by atoms with Gasteiger partial charge in [-0.05, 0) is 25.3 Å². The van der Waals surface area contributed by atoms with Crippen LogP contribution in [0, 0.1) is 5.92 Å². The predicted octanol–water partition coefficient (Wildman–Crippen LogP) is 2.03. The molecule has 29 heavy (non-hydrogen) atoms. The van der Waals surface area contributed by atoms with Gasteiger partial charge in [-0.2, -0.15) is 11.8 Å². The van der Waals surface area contributed by atoms with Crippen molar-refractivity contribution in [1.82, 2.24) is 25.1 Å². The van der Waals surface area contributed by atoms with Crippen molar-refractivity contribution in [2.75, 3.05) is 69.6 Å². The van der Waals surface area contributed by atoms with Crippen molar-refractivity contribution in [1.29, 1.82) is 0 Å². The van der Waals surface area contributed by atoms with E-state index in [0.717, 1.165) is 77.2 Å². The third kappa shape index (κ3) is 6.74. The highest BCUT2D eigenvalue weighted by molar-refractivity contribution is 8.00.